The molecule has 0 spiro atoms. The van der Waals surface area contributed by atoms with E-state index in [1.165, 1.54) is 0 Å². The Kier molecular flexibility index (Phi) is 8.89. The van der Waals surface area contributed by atoms with Crippen molar-refractivity contribution in [3.8, 4) is 28.8 Å². The summed E-state index contributed by atoms with van der Waals surface area (Å²) in [5, 5.41) is 12.9. The van der Waals surface area contributed by atoms with E-state index in [2.05, 4.69) is 28.3 Å². The summed E-state index contributed by atoms with van der Waals surface area (Å²) in [7, 11) is 3.67. The number of carbonyl (C=O) groups is 1. The first-order valence-electron chi connectivity index (χ1n) is 13.8. The van der Waals surface area contributed by atoms with Gasteiger partial charge in [-0.25, -0.2) is 9.97 Å². The number of amides is 1. The molecule has 0 atom stereocenters. The van der Waals surface area contributed by atoms with Crippen LogP contribution >= 0.6 is 0 Å². The van der Waals surface area contributed by atoms with Gasteiger partial charge < -0.3 is 24.4 Å². The van der Waals surface area contributed by atoms with Gasteiger partial charge in [0.1, 0.15) is 29.5 Å². The van der Waals surface area contributed by atoms with Gasteiger partial charge in [-0.2, -0.15) is 5.26 Å². The maximum atomic E-state index is 13.0. The molecule has 2 aliphatic heterocycles. The predicted octanol–water partition coefficient (Wildman–Crippen LogP) is 4.00. The number of hydrogen-bond donors (Lipinski definition) is 1. The Morgan fingerprint density at radius 1 is 1.10 bits per heavy atom. The molecule has 9 heteroatoms. The number of rotatable bonds is 8. The van der Waals surface area contributed by atoms with Crippen LogP contribution in [0.4, 0.5) is 0 Å². The van der Waals surface area contributed by atoms with Crippen LogP contribution in [0, 0.1) is 11.3 Å². The Morgan fingerprint density at radius 3 is 2.65 bits per heavy atom. The molecule has 2 aliphatic rings. The van der Waals surface area contributed by atoms with Crippen LogP contribution in [0.2, 0.25) is 0 Å². The highest BCUT2D eigenvalue weighted by atomic mass is 16.5. The number of aromatic nitrogens is 2. The average molecular weight is 542 g/mol. The van der Waals surface area contributed by atoms with Crippen molar-refractivity contribution in [3.63, 3.8) is 0 Å². The van der Waals surface area contributed by atoms with Gasteiger partial charge in [0.25, 0.3) is 5.91 Å². The molecule has 2 saturated heterocycles. The summed E-state index contributed by atoms with van der Waals surface area (Å²) in [4.78, 5) is 24.5. The lowest BCUT2D eigenvalue weighted by molar-refractivity contribution is 0.0254. The van der Waals surface area contributed by atoms with E-state index >= 15 is 0 Å². The van der Waals surface area contributed by atoms with Crippen molar-refractivity contribution in [2.24, 2.45) is 0 Å². The molecule has 2 aromatic carbocycles. The van der Waals surface area contributed by atoms with E-state index < -0.39 is 0 Å². The monoisotopic (exact) mass is 541 g/mol. The molecule has 1 N–H and O–H groups in total. The maximum absolute atomic E-state index is 13.0. The topological polar surface area (TPSA) is 110 Å². The number of carbonyl (C=O) groups excluding carboxylic acids is 1. The van der Waals surface area contributed by atoms with Gasteiger partial charge in [-0.15, -0.1) is 0 Å². The van der Waals surface area contributed by atoms with Gasteiger partial charge in [0, 0.05) is 37.1 Å². The number of piperidine rings is 1. The highest BCUT2D eigenvalue weighted by Crippen LogP contribution is 2.28. The zero-order chi connectivity index (χ0) is 27.9. The summed E-state index contributed by atoms with van der Waals surface area (Å²) in [5.41, 5.74) is 3.47. The summed E-state index contributed by atoms with van der Waals surface area (Å²) >= 11 is 0. The fraction of sp³-hybridized carbons (Fsp3) is 0.419. The SMILES string of the molecule is COc1cc(Cc2nccc(-c3ccc(OC4CCOCC4)c(C#N)c3)n2)ccc1C(=O)NC1CCN(C)CC1. The number of methoxy groups -OCH3 is 1. The minimum absolute atomic E-state index is 0.0566. The van der Waals surface area contributed by atoms with Crippen molar-refractivity contribution in [2.45, 2.75) is 44.2 Å². The fourth-order valence-corrected chi connectivity index (χ4v) is 5.13. The Balaban J connectivity index is 1.28. The molecule has 1 amide bonds. The standard InChI is InChI=1S/C31H35N5O4/c1-36-13-8-24(9-14-36)34-31(37)26-5-3-21(17-29(26)38-2)18-30-33-12-7-27(35-30)22-4-6-28(23(19-22)20-32)40-25-10-15-39-16-11-25/h3-7,12,17,19,24-25H,8-11,13-16,18H2,1-2H3,(H,34,37). The molecule has 0 unspecified atom stereocenters. The molecular formula is C31H35N5O4. The summed E-state index contributed by atoms with van der Waals surface area (Å²) < 4.78 is 17.1. The van der Waals surface area contributed by atoms with Gasteiger partial charge in [-0.05, 0) is 74.9 Å². The highest BCUT2D eigenvalue weighted by molar-refractivity contribution is 5.97. The summed E-state index contributed by atoms with van der Waals surface area (Å²) in [6, 6.07) is 15.4. The van der Waals surface area contributed by atoms with Gasteiger partial charge in [-0.3, -0.25) is 4.79 Å². The lowest BCUT2D eigenvalue weighted by atomic mass is 10.0. The molecule has 0 radical (unpaired) electrons. The normalized spacial score (nSPS) is 16.7. The molecule has 5 rings (SSSR count). The minimum Gasteiger partial charge on any atom is -0.496 e. The van der Waals surface area contributed by atoms with E-state index in [4.69, 9.17) is 19.2 Å². The van der Waals surface area contributed by atoms with Crippen molar-refractivity contribution < 1.29 is 19.0 Å². The van der Waals surface area contributed by atoms with Crippen molar-refractivity contribution in [1.82, 2.24) is 20.2 Å². The fourth-order valence-electron chi connectivity index (χ4n) is 5.13. The summed E-state index contributed by atoms with van der Waals surface area (Å²) in [6.07, 6.45) is 5.76. The second kappa shape index (κ2) is 12.9. The quantitative estimate of drug-likeness (QED) is 0.456. The van der Waals surface area contributed by atoms with Crippen LogP contribution in [-0.2, 0) is 11.2 Å². The van der Waals surface area contributed by atoms with E-state index in [1.54, 1.807) is 19.4 Å². The van der Waals surface area contributed by atoms with Gasteiger partial charge in [-0.1, -0.05) is 6.07 Å². The van der Waals surface area contributed by atoms with Crippen LogP contribution in [0.3, 0.4) is 0 Å². The van der Waals surface area contributed by atoms with Crippen LogP contribution in [0.5, 0.6) is 11.5 Å². The molecule has 9 nitrogen and oxygen atoms in total. The Bertz CT molecular complexity index is 1370. The molecule has 208 valence electrons. The smallest absolute Gasteiger partial charge is 0.255 e. The number of nitrogens with zero attached hydrogens (tertiary/aromatic N) is 4. The first-order valence-corrected chi connectivity index (χ1v) is 13.8. The molecule has 0 aliphatic carbocycles. The lowest BCUT2D eigenvalue weighted by Gasteiger charge is -2.29. The van der Waals surface area contributed by atoms with Crippen molar-refractivity contribution >= 4 is 5.91 Å². The van der Waals surface area contributed by atoms with E-state index in [9.17, 15) is 10.1 Å². The van der Waals surface area contributed by atoms with Crippen molar-refractivity contribution in [3.05, 3.63) is 71.2 Å². The van der Waals surface area contributed by atoms with Gasteiger partial charge >= 0.3 is 0 Å². The molecule has 3 aromatic rings. The highest BCUT2D eigenvalue weighted by Gasteiger charge is 2.21. The van der Waals surface area contributed by atoms with Crippen molar-refractivity contribution in [2.75, 3.05) is 40.5 Å². The summed E-state index contributed by atoms with van der Waals surface area (Å²) in [6.45, 7) is 3.31. The lowest BCUT2D eigenvalue weighted by Crippen LogP contribution is -2.43. The average Bonchev–Trinajstić information content (AvgIpc) is 2.99. The van der Waals surface area contributed by atoms with Gasteiger partial charge in [0.15, 0.2) is 0 Å². The van der Waals surface area contributed by atoms with Crippen LogP contribution in [0.15, 0.2) is 48.7 Å². The van der Waals surface area contributed by atoms with Crippen LogP contribution < -0.4 is 14.8 Å². The van der Waals surface area contributed by atoms with Crippen LogP contribution in [0.25, 0.3) is 11.3 Å². The predicted molar refractivity (Wildman–Crippen MR) is 150 cm³/mol. The van der Waals surface area contributed by atoms with Crippen LogP contribution in [-0.4, -0.2) is 73.4 Å². The molecule has 0 bridgehead atoms. The Hall–Kier alpha value is -4.00. The number of nitriles is 1. The largest absolute Gasteiger partial charge is 0.496 e. The minimum atomic E-state index is -0.117. The Morgan fingerprint density at radius 2 is 1.90 bits per heavy atom. The molecular weight excluding hydrogens is 506 g/mol. The summed E-state index contributed by atoms with van der Waals surface area (Å²) in [5.74, 6) is 1.62. The van der Waals surface area contributed by atoms with E-state index in [0.29, 0.717) is 48.1 Å². The zero-order valence-electron chi connectivity index (χ0n) is 23.1. The number of ether oxygens (including phenoxy) is 3. The van der Waals surface area contributed by atoms with Crippen LogP contribution in [0.1, 0.15) is 53.0 Å². The third-order valence-electron chi connectivity index (χ3n) is 7.49. The third kappa shape index (κ3) is 6.76. The molecule has 40 heavy (non-hydrogen) atoms. The van der Waals surface area contributed by atoms with Gasteiger partial charge in [0.2, 0.25) is 0 Å². The Labute approximate surface area is 235 Å². The number of nitrogens with one attached hydrogen (secondary N) is 1. The zero-order valence-corrected chi connectivity index (χ0v) is 23.1. The maximum Gasteiger partial charge on any atom is 0.255 e. The molecule has 0 saturated carbocycles. The second-order valence-corrected chi connectivity index (χ2v) is 10.4. The first kappa shape index (κ1) is 27.6. The molecule has 3 heterocycles. The molecule has 1 aromatic heterocycles. The number of hydrogen-bond acceptors (Lipinski definition) is 8. The second-order valence-electron chi connectivity index (χ2n) is 10.4. The van der Waals surface area contributed by atoms with Crippen molar-refractivity contribution in [1.29, 1.82) is 5.26 Å². The molecule has 2 fully saturated rings. The first-order chi connectivity index (χ1) is 19.5. The van der Waals surface area contributed by atoms with E-state index in [1.807, 2.05) is 36.4 Å². The van der Waals surface area contributed by atoms with E-state index in [-0.39, 0.29) is 18.1 Å². The van der Waals surface area contributed by atoms with Gasteiger partial charge in [0.05, 0.1) is 37.1 Å². The van der Waals surface area contributed by atoms with E-state index in [0.717, 1.165) is 55.6 Å². The third-order valence-corrected chi connectivity index (χ3v) is 7.49. The number of likely N-dealkylation sites (tertiary alicyclic amines) is 1. The number of benzene rings is 2.